The number of carbonyl (C=O) groups excluding carboxylic acids is 5. The fourth-order valence-corrected chi connectivity index (χ4v) is 10.3. The zero-order chi connectivity index (χ0) is 36.2. The molecule has 13 nitrogen and oxygen atoms in total. The lowest BCUT2D eigenvalue weighted by Gasteiger charge is -2.42. The second kappa shape index (κ2) is 13.7. The van der Waals surface area contributed by atoms with Gasteiger partial charge in [-0.25, -0.2) is 13.2 Å². The number of hydrogen-bond acceptors (Lipinski definition) is 8. The van der Waals surface area contributed by atoms with Gasteiger partial charge in [-0.1, -0.05) is 53.9 Å². The Morgan fingerprint density at radius 1 is 0.959 bits per heavy atom. The molecule has 2 aliphatic heterocycles. The molecule has 5 amide bonds. The van der Waals surface area contributed by atoms with Crippen LogP contribution in [0.4, 0.5) is 4.79 Å². The van der Waals surface area contributed by atoms with Gasteiger partial charge in [0.2, 0.25) is 5.91 Å². The van der Waals surface area contributed by atoms with Gasteiger partial charge in [-0.05, 0) is 84.4 Å². The monoisotopic (exact) mass is 817 g/mol. The number of alkyl halides is 1. The number of Topliss-reactive ketones (excluding diaryl/α,β-unsaturated/α-hetero) is 1. The van der Waals surface area contributed by atoms with Crippen LogP contribution in [0.25, 0.3) is 0 Å². The van der Waals surface area contributed by atoms with Crippen LogP contribution in [0.5, 0.6) is 0 Å². The molecule has 274 valence electrons. The predicted molar refractivity (Wildman–Crippen MR) is 191 cm³/mol. The zero-order valence-electron chi connectivity index (χ0n) is 29.5. The maximum atomic E-state index is 14.4. The average molecular weight is 818 g/mol. The van der Waals surface area contributed by atoms with E-state index in [1.807, 2.05) is 34.6 Å². The molecule has 4 fully saturated rings. The quantitative estimate of drug-likeness (QED) is 0.106. The van der Waals surface area contributed by atoms with Gasteiger partial charge in [0.05, 0.1) is 16.0 Å². The Bertz CT molecular complexity index is 1520. The number of urea groups is 1. The fraction of sp³-hybridized carbons (Fsp3) is 0.794. The molecule has 0 bridgehead atoms. The molecule has 0 aromatic carbocycles. The molecule has 0 aromatic heterocycles. The molecule has 1 saturated heterocycles. The molecule has 0 aromatic rings. The fourth-order valence-electron chi connectivity index (χ4n) is 7.54. The molecule has 2 unspecified atom stereocenters. The van der Waals surface area contributed by atoms with Crippen molar-refractivity contribution in [1.82, 2.24) is 26.2 Å². The van der Waals surface area contributed by atoms with E-state index in [4.69, 9.17) is 4.74 Å². The summed E-state index contributed by atoms with van der Waals surface area (Å²) in [6.45, 7) is 12.2. The van der Waals surface area contributed by atoms with Crippen molar-refractivity contribution in [3.63, 3.8) is 0 Å². The second-order valence-electron chi connectivity index (χ2n) is 16.5. The summed E-state index contributed by atoms with van der Waals surface area (Å²) in [7, 11) is -3.62. The van der Waals surface area contributed by atoms with E-state index in [1.54, 1.807) is 29.5 Å². The summed E-state index contributed by atoms with van der Waals surface area (Å²) in [4.78, 5) is 68.3. The maximum Gasteiger partial charge on any atom is 0.315 e. The third kappa shape index (κ3) is 7.97. The summed E-state index contributed by atoms with van der Waals surface area (Å²) >= 11 is 1.72. The van der Waals surface area contributed by atoms with Crippen LogP contribution in [-0.2, 0) is 33.8 Å². The highest BCUT2D eigenvalue weighted by atomic mass is 127. The van der Waals surface area contributed by atoms with E-state index in [0.717, 1.165) is 37.7 Å². The number of nitrogens with one attached hydrogen (secondary N) is 4. The molecule has 0 spiro atoms. The predicted octanol–water partition coefficient (Wildman–Crippen LogP) is 2.86. The second-order valence-corrected chi connectivity index (χ2v) is 20.2. The van der Waals surface area contributed by atoms with Crippen LogP contribution in [0.1, 0.15) is 99.3 Å². The van der Waals surface area contributed by atoms with Gasteiger partial charge in [0.15, 0.2) is 9.84 Å². The van der Waals surface area contributed by atoms with E-state index in [-0.39, 0.29) is 35.4 Å². The first-order chi connectivity index (χ1) is 22.7. The Balaban J connectivity index is 1.32. The van der Waals surface area contributed by atoms with E-state index in [9.17, 15) is 32.4 Å². The smallest absolute Gasteiger partial charge is 0.315 e. The van der Waals surface area contributed by atoms with Gasteiger partial charge in [0, 0.05) is 31.7 Å². The first-order valence-corrected chi connectivity index (χ1v) is 20.4. The summed E-state index contributed by atoms with van der Waals surface area (Å²) in [6.07, 6.45) is 5.94. The van der Waals surface area contributed by atoms with Gasteiger partial charge in [0.1, 0.15) is 15.8 Å². The van der Waals surface area contributed by atoms with Gasteiger partial charge in [0.25, 0.3) is 17.6 Å². The molecular formula is C34H52IN5O8S. The number of sulfone groups is 1. The largest absolute Gasteiger partial charge is 0.381 e. The van der Waals surface area contributed by atoms with Crippen LogP contribution in [0.3, 0.4) is 0 Å². The van der Waals surface area contributed by atoms with Gasteiger partial charge in [-0.3, -0.25) is 19.2 Å². The van der Waals surface area contributed by atoms with Crippen LogP contribution in [0, 0.1) is 16.7 Å². The number of halogens is 1. The minimum atomic E-state index is -3.62. The Hall–Kier alpha value is -2.27. The van der Waals surface area contributed by atoms with Crippen molar-refractivity contribution in [2.45, 2.75) is 126 Å². The lowest BCUT2D eigenvalue weighted by Crippen LogP contribution is -2.63. The number of amides is 5. The Labute approximate surface area is 303 Å². The minimum Gasteiger partial charge on any atom is -0.381 e. The number of ether oxygens (including phenoxy) is 1. The topological polar surface area (TPSA) is 180 Å². The van der Waals surface area contributed by atoms with E-state index in [1.165, 1.54) is 4.90 Å². The molecule has 2 heterocycles. The molecule has 15 heteroatoms. The number of hydrogen-bond donors (Lipinski definition) is 4. The highest BCUT2D eigenvalue weighted by Gasteiger charge is 2.62. The minimum absolute atomic E-state index is 0.0108. The highest BCUT2D eigenvalue weighted by Crippen LogP contribution is 2.63. The summed E-state index contributed by atoms with van der Waals surface area (Å²) < 4.78 is 31.1. The van der Waals surface area contributed by atoms with Crippen molar-refractivity contribution in [3.8, 4) is 0 Å². The molecule has 3 aliphatic carbocycles. The zero-order valence-corrected chi connectivity index (χ0v) is 32.5. The van der Waals surface area contributed by atoms with E-state index in [0.29, 0.717) is 38.9 Å². The normalized spacial score (nSPS) is 25.4. The molecule has 49 heavy (non-hydrogen) atoms. The Morgan fingerprint density at radius 3 is 2.14 bits per heavy atom. The van der Waals surface area contributed by atoms with Crippen molar-refractivity contribution >= 4 is 62.0 Å². The number of rotatable bonds is 11. The number of ketones is 1. The molecule has 4 N–H and O–H groups in total. The van der Waals surface area contributed by atoms with E-state index in [2.05, 4.69) is 21.3 Å². The third-order valence-electron chi connectivity index (χ3n) is 11.2. The summed E-state index contributed by atoms with van der Waals surface area (Å²) in [5.41, 5.74) is -1.14. The maximum absolute atomic E-state index is 14.4. The molecule has 0 radical (unpaired) electrons. The van der Waals surface area contributed by atoms with Crippen LogP contribution in [-0.4, -0.2) is 94.8 Å². The first-order valence-electron chi connectivity index (χ1n) is 17.5. The van der Waals surface area contributed by atoms with Crippen LogP contribution < -0.4 is 21.3 Å². The summed E-state index contributed by atoms with van der Waals surface area (Å²) in [5.74, 6) is -2.89. The molecule has 3 saturated carbocycles. The third-order valence-corrected chi connectivity index (χ3v) is 14.9. The van der Waals surface area contributed by atoms with Crippen molar-refractivity contribution in [3.05, 3.63) is 11.3 Å². The van der Waals surface area contributed by atoms with E-state index < -0.39 is 65.2 Å². The Kier molecular flexibility index (Phi) is 10.6. The van der Waals surface area contributed by atoms with Crippen LogP contribution >= 0.6 is 22.6 Å². The van der Waals surface area contributed by atoms with Crippen molar-refractivity contribution in [2.75, 3.05) is 25.5 Å². The molecule has 3 atom stereocenters. The Morgan fingerprint density at radius 2 is 1.57 bits per heavy atom. The standard InChI is InChI=1S/C34H52IN5O8S/c1-31(2,3)25(37-30(45)39-34(12-8-7-9-13-34)19-49(46,47)33(6)14-16-48-17-15-33)29(44)40-18-21-22(32(21,4)5)23(40)27(42)38-26(35)24(41)28(43)36-20-10-11-20/h20-21,25-26H,7-19H2,1-6H3,(H,36,43)(H,38,42)(H2,37,39,45)/t21?,25-,26?/m1/s1. The molecule has 5 aliphatic rings. The van der Waals surface area contributed by atoms with Crippen molar-refractivity contribution in [2.24, 2.45) is 16.7 Å². The average Bonchev–Trinajstić information content (AvgIpc) is 3.86. The molecular weight excluding hydrogens is 765 g/mol. The summed E-state index contributed by atoms with van der Waals surface area (Å²) in [6, 6.07) is -1.71. The SMILES string of the molecule is CC1(C)C2=C(C(=O)NC(I)C(=O)C(=O)NC3CC3)N(C(=O)[C@@H](NC(=O)NC3(CS(=O)(=O)C4(C)CCOCC4)CCCCC3)C(C)(C)C)CC21. The molecule has 5 rings (SSSR count). The van der Waals surface area contributed by atoms with Gasteiger partial charge in [-0.2, -0.15) is 0 Å². The first kappa shape index (κ1) is 38.0. The van der Waals surface area contributed by atoms with E-state index >= 15 is 0 Å². The highest BCUT2D eigenvalue weighted by molar-refractivity contribution is 14.1. The van der Waals surface area contributed by atoms with Crippen molar-refractivity contribution in [1.29, 1.82) is 0 Å². The summed E-state index contributed by atoms with van der Waals surface area (Å²) in [5, 5.41) is 11.2. The number of fused-ring (bicyclic) bond motifs is 1. The van der Waals surface area contributed by atoms with Crippen LogP contribution in [0.2, 0.25) is 0 Å². The lowest BCUT2D eigenvalue weighted by atomic mass is 9.83. The number of carbonyl (C=O) groups is 5. The van der Waals surface area contributed by atoms with Crippen molar-refractivity contribution < 1.29 is 37.1 Å². The van der Waals surface area contributed by atoms with Gasteiger partial charge >= 0.3 is 6.03 Å². The number of nitrogens with zero attached hydrogens (tertiary/aromatic N) is 1. The van der Waals surface area contributed by atoms with Crippen LogP contribution in [0.15, 0.2) is 11.3 Å². The lowest BCUT2D eigenvalue weighted by molar-refractivity contribution is -0.139. The van der Waals surface area contributed by atoms with Gasteiger partial charge in [-0.15, -0.1) is 0 Å². The van der Waals surface area contributed by atoms with Gasteiger partial charge < -0.3 is 30.9 Å².